The third-order valence-electron chi connectivity index (χ3n) is 2.90. The van der Waals surface area contributed by atoms with Crippen molar-refractivity contribution in [3.05, 3.63) is 52.3 Å². The van der Waals surface area contributed by atoms with E-state index in [1.807, 2.05) is 38.1 Å². The molecule has 1 aromatic carbocycles. The molecule has 1 amide bonds. The van der Waals surface area contributed by atoms with Crippen LogP contribution < -0.4 is 5.43 Å². The number of halogens is 1. The highest BCUT2D eigenvalue weighted by molar-refractivity contribution is 8.00. The van der Waals surface area contributed by atoms with E-state index in [4.69, 9.17) is 11.6 Å². The molecular weight excluding hydrogens is 332 g/mol. The van der Waals surface area contributed by atoms with Gasteiger partial charge in [0.25, 0.3) is 5.91 Å². The number of carbonyl (C=O) groups excluding carboxylic acids is 1. The number of aryl methyl sites for hydroxylation is 2. The average Bonchev–Trinajstić information content (AvgIpc) is 2.48. The van der Waals surface area contributed by atoms with Gasteiger partial charge in [0.2, 0.25) is 0 Å². The molecule has 0 saturated heterocycles. The Morgan fingerprint density at radius 2 is 1.96 bits per heavy atom. The molecule has 0 unspecified atom stereocenters. The minimum absolute atomic E-state index is 0.221. The Labute approximate surface area is 144 Å². The smallest absolute Gasteiger partial charge is 0.253 e. The van der Waals surface area contributed by atoms with E-state index in [2.05, 4.69) is 20.5 Å². The van der Waals surface area contributed by atoms with Gasteiger partial charge < -0.3 is 0 Å². The van der Waals surface area contributed by atoms with E-state index < -0.39 is 0 Å². The van der Waals surface area contributed by atoms with Gasteiger partial charge in [0.15, 0.2) is 5.16 Å². The summed E-state index contributed by atoms with van der Waals surface area (Å²) in [6.45, 7) is 5.58. The zero-order valence-electron chi connectivity index (χ0n) is 13.1. The molecular formula is C16H17ClN4OS. The number of carbonyl (C=O) groups is 1. The molecule has 0 saturated carbocycles. The Morgan fingerprint density at radius 3 is 2.61 bits per heavy atom. The Bertz CT molecular complexity index is 716. The summed E-state index contributed by atoms with van der Waals surface area (Å²) in [4.78, 5) is 20.7. The fourth-order valence-corrected chi connectivity index (χ4v) is 2.85. The van der Waals surface area contributed by atoms with Crippen LogP contribution in [0, 0.1) is 13.8 Å². The molecule has 1 heterocycles. The molecule has 2 rings (SSSR count). The quantitative estimate of drug-likeness (QED) is 0.389. The van der Waals surface area contributed by atoms with Crippen LogP contribution in [0.2, 0.25) is 5.02 Å². The number of amides is 1. The molecule has 5 nitrogen and oxygen atoms in total. The summed E-state index contributed by atoms with van der Waals surface area (Å²) in [6.07, 6.45) is 1.52. The summed E-state index contributed by atoms with van der Waals surface area (Å²) in [7, 11) is 0. The fraction of sp³-hybridized carbons (Fsp3) is 0.250. The van der Waals surface area contributed by atoms with Gasteiger partial charge in [-0.05, 0) is 32.9 Å². The lowest BCUT2D eigenvalue weighted by Crippen LogP contribution is -2.27. The van der Waals surface area contributed by atoms with Gasteiger partial charge in [-0.15, -0.1) is 0 Å². The van der Waals surface area contributed by atoms with Crippen LogP contribution in [-0.4, -0.2) is 27.3 Å². The van der Waals surface area contributed by atoms with E-state index in [-0.39, 0.29) is 11.2 Å². The molecule has 1 N–H and O–H groups in total. The van der Waals surface area contributed by atoms with E-state index in [0.717, 1.165) is 17.0 Å². The highest BCUT2D eigenvalue weighted by atomic mass is 35.5. The number of aromatic nitrogens is 2. The average molecular weight is 349 g/mol. The standard InChI is InChI=1S/C16H17ClN4OS/c1-10-8-11(2)20-16(19-10)23-12(3)15(22)21-18-9-13-6-4-5-7-14(13)17/h4-9,12H,1-3H3,(H,21,22)/b18-9-/t12-/m1/s1. The van der Waals surface area contributed by atoms with Crippen LogP contribution in [0.3, 0.4) is 0 Å². The number of thioether (sulfide) groups is 1. The van der Waals surface area contributed by atoms with Gasteiger partial charge in [-0.2, -0.15) is 5.10 Å². The molecule has 0 aliphatic heterocycles. The molecule has 1 aromatic heterocycles. The molecule has 2 aromatic rings. The van der Waals surface area contributed by atoms with Crippen molar-refractivity contribution < 1.29 is 4.79 Å². The van der Waals surface area contributed by atoms with E-state index in [1.54, 1.807) is 13.0 Å². The molecule has 0 bridgehead atoms. The van der Waals surface area contributed by atoms with Gasteiger partial charge >= 0.3 is 0 Å². The summed E-state index contributed by atoms with van der Waals surface area (Å²) < 4.78 is 0. The Balaban J connectivity index is 1.93. The summed E-state index contributed by atoms with van der Waals surface area (Å²) in [5.41, 5.74) is 5.00. The lowest BCUT2D eigenvalue weighted by atomic mass is 10.2. The number of nitrogens with one attached hydrogen (secondary N) is 1. The minimum atomic E-state index is -0.361. The molecule has 1 atom stereocenters. The Hall–Kier alpha value is -1.92. The molecule has 7 heteroatoms. The maximum Gasteiger partial charge on any atom is 0.253 e. The monoisotopic (exact) mass is 348 g/mol. The zero-order valence-corrected chi connectivity index (χ0v) is 14.6. The van der Waals surface area contributed by atoms with E-state index in [1.165, 1.54) is 18.0 Å². The van der Waals surface area contributed by atoms with Crippen LogP contribution in [0.25, 0.3) is 0 Å². The topological polar surface area (TPSA) is 67.2 Å². The summed E-state index contributed by atoms with van der Waals surface area (Å²) in [5.74, 6) is -0.221. The predicted octanol–water partition coefficient (Wildman–Crippen LogP) is 3.38. The first-order valence-electron chi connectivity index (χ1n) is 7.02. The van der Waals surface area contributed by atoms with Crippen LogP contribution in [0.1, 0.15) is 23.9 Å². The predicted molar refractivity (Wildman–Crippen MR) is 94.0 cm³/mol. The first-order valence-corrected chi connectivity index (χ1v) is 8.28. The molecule has 0 spiro atoms. The maximum absolute atomic E-state index is 12.1. The van der Waals surface area contributed by atoms with Crippen LogP contribution in [0.5, 0.6) is 0 Å². The van der Waals surface area contributed by atoms with E-state index in [0.29, 0.717) is 10.2 Å². The SMILES string of the molecule is Cc1cc(C)nc(S[C@H](C)C(=O)N/N=C\c2ccccc2Cl)n1. The number of hydrazone groups is 1. The van der Waals surface area contributed by atoms with E-state index >= 15 is 0 Å². The summed E-state index contributed by atoms with van der Waals surface area (Å²) in [6, 6.07) is 9.16. The van der Waals surface area contributed by atoms with Crippen molar-refractivity contribution in [3.8, 4) is 0 Å². The highest BCUT2D eigenvalue weighted by Crippen LogP contribution is 2.20. The molecule has 0 radical (unpaired) electrons. The second kappa shape index (κ2) is 8.08. The molecule has 0 aliphatic rings. The first kappa shape index (κ1) is 17.4. The van der Waals surface area contributed by atoms with Crippen molar-refractivity contribution in [2.45, 2.75) is 31.2 Å². The molecule has 23 heavy (non-hydrogen) atoms. The van der Waals surface area contributed by atoms with Crippen molar-refractivity contribution in [1.29, 1.82) is 0 Å². The van der Waals surface area contributed by atoms with Crippen LogP contribution >= 0.6 is 23.4 Å². The van der Waals surface area contributed by atoms with Crippen LogP contribution in [0.15, 0.2) is 40.6 Å². The van der Waals surface area contributed by atoms with Crippen molar-refractivity contribution >= 4 is 35.5 Å². The van der Waals surface area contributed by atoms with Gasteiger partial charge in [-0.1, -0.05) is 41.6 Å². The van der Waals surface area contributed by atoms with E-state index in [9.17, 15) is 4.79 Å². The van der Waals surface area contributed by atoms with Gasteiger partial charge in [0, 0.05) is 22.0 Å². The second-order valence-corrected chi connectivity index (χ2v) is 6.66. The molecule has 0 fully saturated rings. The summed E-state index contributed by atoms with van der Waals surface area (Å²) in [5, 5.41) is 4.74. The lowest BCUT2D eigenvalue weighted by molar-refractivity contribution is -0.120. The zero-order chi connectivity index (χ0) is 16.8. The van der Waals surface area contributed by atoms with Crippen molar-refractivity contribution in [2.75, 3.05) is 0 Å². The molecule has 120 valence electrons. The van der Waals surface area contributed by atoms with Crippen LogP contribution in [0.4, 0.5) is 0 Å². The van der Waals surface area contributed by atoms with Gasteiger partial charge in [-0.25, -0.2) is 15.4 Å². The largest absolute Gasteiger partial charge is 0.272 e. The number of hydrogen-bond acceptors (Lipinski definition) is 5. The van der Waals surface area contributed by atoms with Crippen molar-refractivity contribution in [3.63, 3.8) is 0 Å². The van der Waals surface area contributed by atoms with Crippen molar-refractivity contribution in [2.24, 2.45) is 5.10 Å². The Morgan fingerprint density at radius 1 is 1.30 bits per heavy atom. The number of benzene rings is 1. The maximum atomic E-state index is 12.1. The second-order valence-electron chi connectivity index (χ2n) is 4.95. The molecule has 0 aliphatic carbocycles. The number of nitrogens with zero attached hydrogens (tertiary/aromatic N) is 3. The number of rotatable bonds is 5. The van der Waals surface area contributed by atoms with Gasteiger partial charge in [0.05, 0.1) is 11.5 Å². The highest BCUT2D eigenvalue weighted by Gasteiger charge is 2.15. The van der Waals surface area contributed by atoms with Gasteiger partial charge in [0.1, 0.15) is 0 Å². The fourth-order valence-electron chi connectivity index (χ4n) is 1.79. The van der Waals surface area contributed by atoms with Crippen LogP contribution in [-0.2, 0) is 4.79 Å². The summed E-state index contributed by atoms with van der Waals surface area (Å²) >= 11 is 7.31. The third kappa shape index (κ3) is 5.33. The van der Waals surface area contributed by atoms with Crippen molar-refractivity contribution in [1.82, 2.24) is 15.4 Å². The minimum Gasteiger partial charge on any atom is -0.272 e. The van der Waals surface area contributed by atoms with Gasteiger partial charge in [-0.3, -0.25) is 4.79 Å². The first-order chi connectivity index (χ1) is 11.0. The lowest BCUT2D eigenvalue weighted by Gasteiger charge is -2.09. The Kier molecular flexibility index (Phi) is 6.12. The third-order valence-corrected chi connectivity index (χ3v) is 4.20. The number of hydrogen-bond donors (Lipinski definition) is 1. The normalized spacial score (nSPS) is 12.3.